The number of hydrogen-bond acceptors (Lipinski definition) is 4. The summed E-state index contributed by atoms with van der Waals surface area (Å²) in [5.41, 5.74) is 1.14. The Morgan fingerprint density at radius 2 is 2.19 bits per heavy atom. The van der Waals surface area contributed by atoms with Crippen molar-refractivity contribution in [1.82, 2.24) is 15.2 Å². The lowest BCUT2D eigenvalue weighted by molar-refractivity contribution is 0.135. The van der Waals surface area contributed by atoms with Crippen LogP contribution >= 0.6 is 11.3 Å². The van der Waals surface area contributed by atoms with E-state index < -0.39 is 0 Å². The molecule has 2 heterocycles. The van der Waals surface area contributed by atoms with Crippen molar-refractivity contribution < 1.29 is 0 Å². The summed E-state index contributed by atoms with van der Waals surface area (Å²) in [6, 6.07) is 9.68. The zero-order valence-electron chi connectivity index (χ0n) is 13.0. The van der Waals surface area contributed by atoms with Gasteiger partial charge in [0.1, 0.15) is 5.01 Å². The highest BCUT2D eigenvalue weighted by Crippen LogP contribution is 2.25. The van der Waals surface area contributed by atoms with Gasteiger partial charge < -0.3 is 5.32 Å². The Kier molecular flexibility index (Phi) is 4.88. The molecule has 1 atom stereocenters. The highest BCUT2D eigenvalue weighted by Gasteiger charge is 2.23. The first-order valence-corrected chi connectivity index (χ1v) is 8.86. The second-order valence-corrected chi connectivity index (χ2v) is 7.37. The number of nitrogens with zero attached hydrogens (tertiary/aromatic N) is 2. The van der Waals surface area contributed by atoms with E-state index in [1.165, 1.54) is 35.5 Å². The molecule has 0 aliphatic carbocycles. The van der Waals surface area contributed by atoms with Gasteiger partial charge in [0.2, 0.25) is 0 Å². The monoisotopic (exact) mass is 303 g/mol. The van der Waals surface area contributed by atoms with Crippen molar-refractivity contribution >= 4 is 21.6 Å². The van der Waals surface area contributed by atoms with Crippen LogP contribution < -0.4 is 5.32 Å². The second kappa shape index (κ2) is 6.86. The predicted octanol–water partition coefficient (Wildman–Crippen LogP) is 3.65. The zero-order valence-corrected chi connectivity index (χ0v) is 13.8. The number of nitrogens with one attached hydrogen (secondary N) is 1. The number of rotatable bonds is 5. The van der Waals surface area contributed by atoms with Gasteiger partial charge in [0, 0.05) is 18.6 Å². The molecule has 1 N–H and O–H groups in total. The molecule has 1 aromatic heterocycles. The van der Waals surface area contributed by atoms with Gasteiger partial charge in [-0.3, -0.25) is 4.90 Å². The van der Waals surface area contributed by atoms with Gasteiger partial charge in [0.05, 0.1) is 16.8 Å². The fourth-order valence-corrected chi connectivity index (χ4v) is 4.03. The highest BCUT2D eigenvalue weighted by molar-refractivity contribution is 7.18. The standard InChI is InChI=1S/C17H25N3S/c1-13(2)18-11-14-7-5-6-10-20(14)12-17-19-15-8-3-4-9-16(15)21-17/h3-4,8-9,13-14,18H,5-7,10-12H2,1-2H3. The summed E-state index contributed by atoms with van der Waals surface area (Å²) >= 11 is 1.84. The molecular formula is C17H25N3S. The van der Waals surface area contributed by atoms with Gasteiger partial charge in [-0.05, 0) is 31.5 Å². The summed E-state index contributed by atoms with van der Waals surface area (Å²) in [5, 5.41) is 4.86. The molecule has 1 aliphatic heterocycles. The molecule has 1 saturated heterocycles. The molecule has 1 fully saturated rings. The van der Waals surface area contributed by atoms with Crippen LogP contribution in [-0.2, 0) is 6.54 Å². The molecule has 3 nitrogen and oxygen atoms in total. The predicted molar refractivity (Wildman–Crippen MR) is 90.8 cm³/mol. The Hall–Kier alpha value is -0.970. The molecule has 1 unspecified atom stereocenters. The van der Waals surface area contributed by atoms with Crippen molar-refractivity contribution in [2.45, 2.75) is 51.7 Å². The van der Waals surface area contributed by atoms with Crippen LogP contribution in [0.15, 0.2) is 24.3 Å². The van der Waals surface area contributed by atoms with Crippen LogP contribution in [0.5, 0.6) is 0 Å². The van der Waals surface area contributed by atoms with Gasteiger partial charge in [-0.2, -0.15) is 0 Å². The first-order valence-electron chi connectivity index (χ1n) is 8.04. The van der Waals surface area contributed by atoms with Crippen molar-refractivity contribution in [3.8, 4) is 0 Å². The molecule has 3 rings (SSSR count). The van der Waals surface area contributed by atoms with E-state index in [1.54, 1.807) is 0 Å². The molecule has 4 heteroatoms. The largest absolute Gasteiger partial charge is 0.313 e. The molecule has 0 bridgehead atoms. The van der Waals surface area contributed by atoms with E-state index in [2.05, 4.69) is 48.3 Å². The topological polar surface area (TPSA) is 28.2 Å². The molecule has 2 aromatic rings. The Labute approximate surface area is 131 Å². The van der Waals surface area contributed by atoms with Gasteiger partial charge >= 0.3 is 0 Å². The third kappa shape index (κ3) is 3.82. The van der Waals surface area contributed by atoms with E-state index in [1.807, 2.05) is 11.3 Å². The average Bonchev–Trinajstić information content (AvgIpc) is 2.88. The molecule has 0 saturated carbocycles. The summed E-state index contributed by atoms with van der Waals surface area (Å²) in [7, 11) is 0. The van der Waals surface area contributed by atoms with Crippen LogP contribution in [0.2, 0.25) is 0 Å². The summed E-state index contributed by atoms with van der Waals surface area (Å²) in [4.78, 5) is 7.41. The molecule has 21 heavy (non-hydrogen) atoms. The molecule has 0 amide bonds. The van der Waals surface area contributed by atoms with Crippen LogP contribution in [-0.4, -0.2) is 35.1 Å². The van der Waals surface area contributed by atoms with Crippen molar-refractivity contribution in [2.75, 3.05) is 13.1 Å². The lowest BCUT2D eigenvalue weighted by atomic mass is 10.0. The van der Waals surface area contributed by atoms with Crippen LogP contribution in [0, 0.1) is 0 Å². The number of para-hydroxylation sites is 1. The maximum absolute atomic E-state index is 4.79. The number of benzene rings is 1. The third-order valence-corrected chi connectivity index (χ3v) is 5.21. The van der Waals surface area contributed by atoms with Gasteiger partial charge in [-0.15, -0.1) is 11.3 Å². The SMILES string of the molecule is CC(C)NCC1CCCCN1Cc1nc2ccccc2s1. The van der Waals surface area contributed by atoms with Gasteiger partial charge in [-0.1, -0.05) is 32.4 Å². The van der Waals surface area contributed by atoms with Crippen LogP contribution in [0.1, 0.15) is 38.1 Å². The summed E-state index contributed by atoms with van der Waals surface area (Å²) in [6.07, 6.45) is 3.99. The number of fused-ring (bicyclic) bond motifs is 1. The quantitative estimate of drug-likeness (QED) is 0.914. The van der Waals surface area contributed by atoms with Gasteiger partial charge in [0.25, 0.3) is 0 Å². The number of aromatic nitrogens is 1. The van der Waals surface area contributed by atoms with E-state index in [4.69, 9.17) is 4.98 Å². The van der Waals surface area contributed by atoms with Crippen LogP contribution in [0.3, 0.4) is 0 Å². The van der Waals surface area contributed by atoms with E-state index >= 15 is 0 Å². The van der Waals surface area contributed by atoms with E-state index in [0.717, 1.165) is 18.6 Å². The number of likely N-dealkylation sites (tertiary alicyclic amines) is 1. The maximum atomic E-state index is 4.79. The van der Waals surface area contributed by atoms with Crippen molar-refractivity contribution in [3.05, 3.63) is 29.3 Å². The molecular weight excluding hydrogens is 278 g/mol. The third-order valence-electron chi connectivity index (χ3n) is 4.19. The second-order valence-electron chi connectivity index (χ2n) is 6.26. The Bertz CT molecular complexity index is 545. The molecule has 0 spiro atoms. The van der Waals surface area contributed by atoms with E-state index in [-0.39, 0.29) is 0 Å². The summed E-state index contributed by atoms with van der Waals surface area (Å²) in [6.45, 7) is 7.76. The zero-order chi connectivity index (χ0) is 14.7. The summed E-state index contributed by atoms with van der Waals surface area (Å²) in [5.74, 6) is 0. The lowest BCUT2D eigenvalue weighted by Gasteiger charge is -2.35. The molecule has 1 aliphatic rings. The van der Waals surface area contributed by atoms with Gasteiger partial charge in [0.15, 0.2) is 0 Å². The lowest BCUT2D eigenvalue weighted by Crippen LogP contribution is -2.46. The first kappa shape index (κ1) is 14.9. The average molecular weight is 303 g/mol. The van der Waals surface area contributed by atoms with E-state index in [9.17, 15) is 0 Å². The van der Waals surface area contributed by atoms with Gasteiger partial charge in [-0.25, -0.2) is 4.98 Å². The number of hydrogen-bond donors (Lipinski definition) is 1. The fraction of sp³-hybridized carbons (Fsp3) is 0.588. The molecule has 114 valence electrons. The molecule has 0 radical (unpaired) electrons. The minimum absolute atomic E-state index is 0.566. The van der Waals surface area contributed by atoms with Crippen LogP contribution in [0.25, 0.3) is 10.2 Å². The summed E-state index contributed by atoms with van der Waals surface area (Å²) < 4.78 is 1.31. The normalized spacial score (nSPS) is 20.4. The number of thiazole rings is 1. The molecule has 1 aromatic carbocycles. The van der Waals surface area contributed by atoms with Crippen molar-refractivity contribution in [2.24, 2.45) is 0 Å². The Balaban J connectivity index is 1.68. The van der Waals surface area contributed by atoms with E-state index in [0.29, 0.717) is 12.1 Å². The fourth-order valence-electron chi connectivity index (χ4n) is 3.03. The Morgan fingerprint density at radius 3 is 3.00 bits per heavy atom. The van der Waals surface area contributed by atoms with Crippen molar-refractivity contribution in [3.63, 3.8) is 0 Å². The highest BCUT2D eigenvalue weighted by atomic mass is 32.1. The smallest absolute Gasteiger partial charge is 0.108 e. The minimum atomic E-state index is 0.566. The van der Waals surface area contributed by atoms with Crippen molar-refractivity contribution in [1.29, 1.82) is 0 Å². The minimum Gasteiger partial charge on any atom is -0.313 e. The first-order chi connectivity index (χ1) is 10.2. The van der Waals surface area contributed by atoms with Crippen LogP contribution in [0.4, 0.5) is 0 Å². The number of piperidine rings is 1. The Morgan fingerprint density at radius 1 is 1.33 bits per heavy atom. The maximum Gasteiger partial charge on any atom is 0.108 e.